The van der Waals surface area contributed by atoms with Gasteiger partial charge >= 0.3 is 0 Å². The zero-order valence-electron chi connectivity index (χ0n) is 6.77. The van der Waals surface area contributed by atoms with Crippen molar-refractivity contribution in [1.29, 1.82) is 0 Å². The van der Waals surface area contributed by atoms with Gasteiger partial charge < -0.3 is 0 Å². The van der Waals surface area contributed by atoms with Gasteiger partial charge in [0.1, 0.15) is 0 Å². The van der Waals surface area contributed by atoms with Crippen molar-refractivity contribution in [3.05, 3.63) is 37.0 Å². The van der Waals surface area contributed by atoms with Gasteiger partial charge in [0.15, 0.2) is 0 Å². The van der Waals surface area contributed by atoms with Crippen molar-refractivity contribution in [3.8, 4) is 0 Å². The Morgan fingerprint density at radius 2 is 2.10 bits per heavy atom. The smallest absolute Gasteiger partial charge is 0.0104 e. The van der Waals surface area contributed by atoms with Crippen LogP contribution < -0.4 is 0 Å². The first-order valence-electron chi connectivity index (χ1n) is 3.76. The van der Waals surface area contributed by atoms with E-state index in [1.165, 1.54) is 12.8 Å². The number of rotatable bonds is 5. The van der Waals surface area contributed by atoms with Gasteiger partial charge in [-0.2, -0.15) is 0 Å². The summed E-state index contributed by atoms with van der Waals surface area (Å²) < 4.78 is 0. The summed E-state index contributed by atoms with van der Waals surface area (Å²) in [6.07, 6.45) is 9.48. The molecule has 0 nitrogen and oxygen atoms in total. The van der Waals surface area contributed by atoms with Crippen molar-refractivity contribution in [1.82, 2.24) is 0 Å². The van der Waals surface area contributed by atoms with E-state index in [2.05, 4.69) is 32.2 Å². The molecule has 0 heteroatoms. The average Bonchev–Trinajstić information content (AvgIpc) is 1.98. The molecule has 0 aliphatic heterocycles. The fourth-order valence-corrected chi connectivity index (χ4v) is 0.603. The molecule has 56 valence electrons. The first kappa shape index (κ1) is 9.22. The van der Waals surface area contributed by atoms with E-state index in [0.717, 1.165) is 12.0 Å². The van der Waals surface area contributed by atoms with Crippen molar-refractivity contribution < 1.29 is 0 Å². The van der Waals surface area contributed by atoms with Gasteiger partial charge in [-0.3, -0.25) is 0 Å². The minimum atomic E-state index is 0.948. The molecular weight excluding hydrogens is 120 g/mol. The Bertz CT molecular complexity index is 129. The van der Waals surface area contributed by atoms with Gasteiger partial charge in [-0.25, -0.2) is 0 Å². The van der Waals surface area contributed by atoms with E-state index in [-0.39, 0.29) is 0 Å². The average molecular weight is 136 g/mol. The van der Waals surface area contributed by atoms with Crippen LogP contribution in [0.3, 0.4) is 0 Å². The van der Waals surface area contributed by atoms with Crippen LogP contribution in [-0.4, -0.2) is 0 Å². The number of hydrogen-bond donors (Lipinski definition) is 0. The highest BCUT2D eigenvalue weighted by atomic mass is 13.9. The van der Waals surface area contributed by atoms with E-state index in [1.807, 2.05) is 0 Å². The maximum absolute atomic E-state index is 3.80. The second-order valence-corrected chi connectivity index (χ2v) is 2.33. The van der Waals surface area contributed by atoms with Gasteiger partial charge in [0, 0.05) is 0 Å². The summed E-state index contributed by atoms with van der Waals surface area (Å²) in [7, 11) is 0. The molecule has 0 aromatic carbocycles. The standard InChI is InChI=1S/C10H16/c1-4-6-7-8-9-10(3)5-2/h5,7-8H,2-4,6,9H2,1H3. The molecule has 0 rings (SSSR count). The second kappa shape index (κ2) is 6.34. The van der Waals surface area contributed by atoms with Crippen LogP contribution in [0.1, 0.15) is 26.2 Å². The molecule has 0 saturated carbocycles. The lowest BCUT2D eigenvalue weighted by molar-refractivity contribution is 0.954. The summed E-state index contributed by atoms with van der Waals surface area (Å²) in [5.74, 6) is 0. The SMILES string of the molecule is C=CC(=C)CC=CCCC. The number of allylic oxidation sites excluding steroid dienone is 4. The summed E-state index contributed by atoms with van der Waals surface area (Å²) in [6, 6.07) is 0. The molecule has 0 N–H and O–H groups in total. The molecule has 0 bridgehead atoms. The van der Waals surface area contributed by atoms with E-state index in [9.17, 15) is 0 Å². The minimum absolute atomic E-state index is 0.948. The molecular formula is C10H16. The normalized spacial score (nSPS) is 10.1. The van der Waals surface area contributed by atoms with Crippen LogP contribution in [0.4, 0.5) is 0 Å². The lowest BCUT2D eigenvalue weighted by Crippen LogP contribution is -1.69. The molecule has 10 heavy (non-hydrogen) atoms. The molecule has 0 aromatic heterocycles. The Balaban J connectivity index is 3.33. The maximum atomic E-state index is 3.80. The van der Waals surface area contributed by atoms with Crippen molar-refractivity contribution >= 4 is 0 Å². The predicted molar refractivity (Wildman–Crippen MR) is 48.0 cm³/mol. The lowest BCUT2D eigenvalue weighted by Gasteiger charge is -1.89. The molecule has 0 amide bonds. The molecule has 0 atom stereocenters. The van der Waals surface area contributed by atoms with Crippen LogP contribution in [0.15, 0.2) is 37.0 Å². The fourth-order valence-electron chi connectivity index (χ4n) is 0.603. The van der Waals surface area contributed by atoms with Gasteiger partial charge in [-0.15, -0.1) is 0 Å². The molecule has 0 heterocycles. The largest absolute Gasteiger partial charge is 0.0988 e. The molecule has 0 fully saturated rings. The van der Waals surface area contributed by atoms with Gasteiger partial charge in [-0.1, -0.05) is 50.3 Å². The Labute approximate surface area is 64.0 Å². The van der Waals surface area contributed by atoms with Gasteiger partial charge in [0.2, 0.25) is 0 Å². The second-order valence-electron chi connectivity index (χ2n) is 2.33. The highest BCUT2D eigenvalue weighted by Gasteiger charge is 1.80. The maximum Gasteiger partial charge on any atom is -0.0104 e. The van der Waals surface area contributed by atoms with Crippen LogP contribution in [0.25, 0.3) is 0 Å². The molecule has 0 saturated heterocycles. The van der Waals surface area contributed by atoms with Crippen molar-refractivity contribution in [2.24, 2.45) is 0 Å². The molecule has 0 spiro atoms. The number of hydrogen-bond acceptors (Lipinski definition) is 0. The van der Waals surface area contributed by atoms with Crippen LogP contribution >= 0.6 is 0 Å². The summed E-state index contributed by atoms with van der Waals surface area (Å²) in [6.45, 7) is 9.60. The Morgan fingerprint density at radius 3 is 2.60 bits per heavy atom. The van der Waals surface area contributed by atoms with Gasteiger partial charge in [0.05, 0.1) is 0 Å². The quantitative estimate of drug-likeness (QED) is 0.401. The van der Waals surface area contributed by atoms with Crippen molar-refractivity contribution in [2.45, 2.75) is 26.2 Å². The molecule has 0 aliphatic rings. The summed E-state index contributed by atoms with van der Waals surface area (Å²) >= 11 is 0. The Morgan fingerprint density at radius 1 is 1.40 bits per heavy atom. The summed E-state index contributed by atoms with van der Waals surface area (Å²) in [4.78, 5) is 0. The Kier molecular flexibility index (Phi) is 5.85. The van der Waals surface area contributed by atoms with E-state index in [4.69, 9.17) is 0 Å². The minimum Gasteiger partial charge on any atom is -0.0988 e. The topological polar surface area (TPSA) is 0 Å². The molecule has 0 radical (unpaired) electrons. The molecule has 0 aliphatic carbocycles. The third kappa shape index (κ3) is 5.36. The first-order valence-corrected chi connectivity index (χ1v) is 3.76. The van der Waals surface area contributed by atoms with Gasteiger partial charge in [-0.05, 0) is 12.8 Å². The monoisotopic (exact) mass is 136 g/mol. The lowest BCUT2D eigenvalue weighted by atomic mass is 10.2. The van der Waals surface area contributed by atoms with Crippen LogP contribution in [-0.2, 0) is 0 Å². The molecule has 0 aromatic rings. The predicted octanol–water partition coefficient (Wildman–Crippen LogP) is 3.48. The van der Waals surface area contributed by atoms with E-state index in [0.29, 0.717) is 0 Å². The van der Waals surface area contributed by atoms with Crippen LogP contribution in [0, 0.1) is 0 Å². The zero-order chi connectivity index (χ0) is 7.82. The summed E-state index contributed by atoms with van der Waals surface area (Å²) in [5.41, 5.74) is 1.09. The van der Waals surface area contributed by atoms with Gasteiger partial charge in [0.25, 0.3) is 0 Å². The fraction of sp³-hybridized carbons (Fsp3) is 0.400. The molecule has 0 unspecified atom stereocenters. The first-order chi connectivity index (χ1) is 4.81. The van der Waals surface area contributed by atoms with Crippen LogP contribution in [0.2, 0.25) is 0 Å². The van der Waals surface area contributed by atoms with E-state index >= 15 is 0 Å². The third-order valence-corrected chi connectivity index (χ3v) is 1.29. The Hall–Kier alpha value is -0.780. The van der Waals surface area contributed by atoms with E-state index < -0.39 is 0 Å². The highest BCUT2D eigenvalue weighted by molar-refractivity contribution is 5.14. The third-order valence-electron chi connectivity index (χ3n) is 1.29. The van der Waals surface area contributed by atoms with Crippen molar-refractivity contribution in [2.75, 3.05) is 0 Å². The number of unbranched alkanes of at least 4 members (excludes halogenated alkanes) is 1. The summed E-state index contributed by atoms with van der Waals surface area (Å²) in [5, 5.41) is 0. The zero-order valence-corrected chi connectivity index (χ0v) is 6.77. The highest BCUT2D eigenvalue weighted by Crippen LogP contribution is 2.00. The van der Waals surface area contributed by atoms with Crippen LogP contribution in [0.5, 0.6) is 0 Å². The van der Waals surface area contributed by atoms with E-state index in [1.54, 1.807) is 6.08 Å². The van der Waals surface area contributed by atoms with Crippen molar-refractivity contribution in [3.63, 3.8) is 0 Å².